The first-order chi connectivity index (χ1) is 11.4. The number of thiophene rings is 1. The van der Waals surface area contributed by atoms with Crippen molar-refractivity contribution in [2.24, 2.45) is 0 Å². The van der Waals surface area contributed by atoms with E-state index in [0.29, 0.717) is 5.75 Å². The third-order valence-corrected chi connectivity index (χ3v) is 5.40. The normalized spacial score (nSPS) is 11.6. The van der Waals surface area contributed by atoms with Crippen LogP contribution in [0.4, 0.5) is 5.69 Å². The average molecular weight is 358 g/mol. The van der Waals surface area contributed by atoms with Crippen LogP contribution in [0, 0.1) is 0 Å². The van der Waals surface area contributed by atoms with E-state index in [1.54, 1.807) is 17.7 Å². The first-order valence-electron chi connectivity index (χ1n) is 7.65. The molecule has 0 spiro atoms. The Bertz CT molecular complexity index is 868. The number of carbonyl (C=O) groups is 1. The number of rotatable bonds is 4. The third kappa shape index (κ3) is 3.76. The molecule has 0 unspecified atom stereocenters. The summed E-state index contributed by atoms with van der Waals surface area (Å²) in [5, 5.41) is 6.88. The molecule has 4 nitrogen and oxygen atoms in total. The molecule has 0 aliphatic carbocycles. The molecular weight excluding hydrogens is 338 g/mol. The number of amides is 1. The van der Waals surface area contributed by atoms with Crippen LogP contribution in [0.5, 0.6) is 0 Å². The van der Waals surface area contributed by atoms with Crippen molar-refractivity contribution in [2.75, 3.05) is 11.1 Å². The minimum atomic E-state index is -0.0290. The second kappa shape index (κ2) is 6.91. The maximum atomic E-state index is 12.4. The Balaban J connectivity index is 1.70. The fourth-order valence-corrected chi connectivity index (χ4v) is 4.03. The van der Waals surface area contributed by atoms with Crippen LogP contribution in [0.3, 0.4) is 0 Å². The molecule has 1 aromatic carbocycles. The number of para-hydroxylation sites is 1. The second-order valence-corrected chi connectivity index (χ2v) is 8.31. The molecule has 0 aliphatic heterocycles. The quantitative estimate of drug-likeness (QED) is 0.542. The van der Waals surface area contributed by atoms with Gasteiger partial charge in [-0.3, -0.25) is 4.79 Å². The van der Waals surface area contributed by atoms with E-state index in [4.69, 9.17) is 0 Å². The Kier molecular flexibility index (Phi) is 4.87. The predicted octanol–water partition coefficient (Wildman–Crippen LogP) is 4.72. The van der Waals surface area contributed by atoms with E-state index in [9.17, 15) is 4.79 Å². The zero-order valence-electron chi connectivity index (χ0n) is 13.9. The van der Waals surface area contributed by atoms with Gasteiger partial charge in [0.2, 0.25) is 5.91 Å². The molecule has 1 amide bonds. The molecule has 2 heterocycles. The van der Waals surface area contributed by atoms with Gasteiger partial charge in [0.1, 0.15) is 16.2 Å². The van der Waals surface area contributed by atoms with Crippen molar-refractivity contribution in [3.8, 4) is 0 Å². The molecule has 0 atom stereocenters. The van der Waals surface area contributed by atoms with Gasteiger partial charge in [0.15, 0.2) is 0 Å². The summed E-state index contributed by atoms with van der Waals surface area (Å²) in [6.07, 6.45) is 1.55. The number of nitrogens with zero attached hydrogens (tertiary/aromatic N) is 2. The molecule has 3 rings (SSSR count). The van der Waals surface area contributed by atoms with Crippen LogP contribution >= 0.6 is 23.1 Å². The van der Waals surface area contributed by atoms with Crippen LogP contribution in [0.15, 0.2) is 47.1 Å². The maximum absolute atomic E-state index is 12.4. The first-order valence-corrected chi connectivity index (χ1v) is 9.52. The van der Waals surface area contributed by atoms with Crippen molar-refractivity contribution in [2.45, 2.75) is 31.2 Å². The molecule has 0 saturated carbocycles. The molecule has 3 aromatic rings. The highest BCUT2D eigenvalue weighted by atomic mass is 32.2. The predicted molar refractivity (Wildman–Crippen MR) is 102 cm³/mol. The molecule has 0 fully saturated rings. The topological polar surface area (TPSA) is 54.9 Å². The van der Waals surface area contributed by atoms with E-state index >= 15 is 0 Å². The number of carbonyl (C=O) groups excluding carboxylic acids is 1. The van der Waals surface area contributed by atoms with Gasteiger partial charge >= 0.3 is 0 Å². The van der Waals surface area contributed by atoms with Crippen LogP contribution in [-0.4, -0.2) is 21.6 Å². The van der Waals surface area contributed by atoms with E-state index in [1.165, 1.54) is 11.8 Å². The van der Waals surface area contributed by atoms with Gasteiger partial charge in [0.25, 0.3) is 0 Å². The highest BCUT2D eigenvalue weighted by Crippen LogP contribution is 2.30. The number of anilines is 1. The summed E-state index contributed by atoms with van der Waals surface area (Å²) < 4.78 is 0. The summed E-state index contributed by atoms with van der Waals surface area (Å²) in [5.74, 6) is 0.291. The lowest BCUT2D eigenvalue weighted by Crippen LogP contribution is -2.19. The third-order valence-electron chi connectivity index (χ3n) is 3.57. The zero-order valence-corrected chi connectivity index (χ0v) is 15.5. The molecule has 2 aromatic heterocycles. The lowest BCUT2D eigenvalue weighted by Gasteiger charge is -2.22. The van der Waals surface area contributed by atoms with Crippen LogP contribution in [0.1, 0.15) is 26.3 Å². The summed E-state index contributed by atoms with van der Waals surface area (Å²) in [4.78, 5) is 21.8. The van der Waals surface area contributed by atoms with Crippen LogP contribution in [0.25, 0.3) is 10.2 Å². The lowest BCUT2D eigenvalue weighted by molar-refractivity contribution is -0.113. The summed E-state index contributed by atoms with van der Waals surface area (Å²) >= 11 is 3.02. The Morgan fingerprint density at radius 1 is 1.21 bits per heavy atom. The molecule has 124 valence electrons. The van der Waals surface area contributed by atoms with E-state index in [0.717, 1.165) is 26.5 Å². The standard InChI is InChI=1S/C18H19N3OS2/c1-18(2,3)13-6-4-5-7-14(13)21-15(22)10-24-17-12-8-9-23-16(12)19-11-20-17/h4-9,11H,10H2,1-3H3,(H,21,22). The highest BCUT2D eigenvalue weighted by molar-refractivity contribution is 8.00. The van der Waals surface area contributed by atoms with Crippen molar-refractivity contribution in [3.63, 3.8) is 0 Å². The SMILES string of the molecule is CC(C)(C)c1ccccc1NC(=O)CSc1ncnc2sccc12. The smallest absolute Gasteiger partial charge is 0.234 e. The summed E-state index contributed by atoms with van der Waals surface area (Å²) in [5.41, 5.74) is 1.98. The van der Waals surface area contributed by atoms with Crippen LogP contribution in [-0.2, 0) is 10.2 Å². The molecular formula is C18H19N3OS2. The fraction of sp³-hybridized carbons (Fsp3) is 0.278. The van der Waals surface area contributed by atoms with Gasteiger partial charge in [-0.25, -0.2) is 9.97 Å². The molecule has 0 aliphatic rings. The Morgan fingerprint density at radius 3 is 2.79 bits per heavy atom. The number of benzene rings is 1. The molecule has 24 heavy (non-hydrogen) atoms. The zero-order chi connectivity index (χ0) is 17.2. The van der Waals surface area contributed by atoms with Crippen molar-refractivity contribution in [1.82, 2.24) is 9.97 Å². The Labute approximate surface area is 149 Å². The molecule has 6 heteroatoms. The van der Waals surface area contributed by atoms with Gasteiger partial charge in [-0.1, -0.05) is 50.7 Å². The van der Waals surface area contributed by atoms with E-state index < -0.39 is 0 Å². The van der Waals surface area contributed by atoms with Gasteiger partial charge in [0, 0.05) is 11.1 Å². The second-order valence-electron chi connectivity index (χ2n) is 6.45. The van der Waals surface area contributed by atoms with Crippen LogP contribution < -0.4 is 5.32 Å². The first kappa shape index (κ1) is 16.9. The molecule has 0 radical (unpaired) electrons. The number of aromatic nitrogens is 2. The number of fused-ring (bicyclic) bond motifs is 1. The van der Waals surface area contributed by atoms with E-state index in [2.05, 4.69) is 42.1 Å². The van der Waals surface area contributed by atoms with Crippen molar-refractivity contribution in [3.05, 3.63) is 47.6 Å². The number of nitrogens with one attached hydrogen (secondary N) is 1. The van der Waals surface area contributed by atoms with Crippen molar-refractivity contribution >= 4 is 44.9 Å². The van der Waals surface area contributed by atoms with Gasteiger partial charge in [0.05, 0.1) is 5.75 Å². The van der Waals surface area contributed by atoms with Gasteiger partial charge in [-0.05, 0) is 28.5 Å². The molecule has 1 N–H and O–H groups in total. The van der Waals surface area contributed by atoms with E-state index in [-0.39, 0.29) is 11.3 Å². The maximum Gasteiger partial charge on any atom is 0.234 e. The largest absolute Gasteiger partial charge is 0.325 e. The van der Waals surface area contributed by atoms with E-state index in [1.807, 2.05) is 29.6 Å². The molecule has 0 saturated heterocycles. The summed E-state index contributed by atoms with van der Waals surface area (Å²) in [7, 11) is 0. The lowest BCUT2D eigenvalue weighted by atomic mass is 9.86. The fourth-order valence-electron chi connectivity index (χ4n) is 2.45. The highest BCUT2D eigenvalue weighted by Gasteiger charge is 2.18. The average Bonchev–Trinajstić information content (AvgIpc) is 3.01. The van der Waals surface area contributed by atoms with Crippen molar-refractivity contribution < 1.29 is 4.79 Å². The minimum Gasteiger partial charge on any atom is -0.325 e. The number of hydrogen-bond acceptors (Lipinski definition) is 5. The number of thioether (sulfide) groups is 1. The van der Waals surface area contributed by atoms with Gasteiger partial charge < -0.3 is 5.32 Å². The number of hydrogen-bond donors (Lipinski definition) is 1. The van der Waals surface area contributed by atoms with Gasteiger partial charge in [-0.15, -0.1) is 11.3 Å². The monoisotopic (exact) mass is 357 g/mol. The minimum absolute atomic E-state index is 0.0213. The summed E-state index contributed by atoms with van der Waals surface area (Å²) in [6, 6.07) is 9.94. The molecule has 0 bridgehead atoms. The van der Waals surface area contributed by atoms with Gasteiger partial charge in [-0.2, -0.15) is 0 Å². The van der Waals surface area contributed by atoms with Crippen LogP contribution in [0.2, 0.25) is 0 Å². The Hall–Kier alpha value is -1.92. The van der Waals surface area contributed by atoms with Crippen molar-refractivity contribution in [1.29, 1.82) is 0 Å². The summed E-state index contributed by atoms with van der Waals surface area (Å²) in [6.45, 7) is 6.42. The Morgan fingerprint density at radius 2 is 2.00 bits per heavy atom.